The van der Waals surface area contributed by atoms with Crippen LogP contribution in [0, 0.1) is 5.92 Å². The second-order valence-corrected chi connectivity index (χ2v) is 3.66. The summed E-state index contributed by atoms with van der Waals surface area (Å²) in [6, 6.07) is -1.24. The van der Waals surface area contributed by atoms with Crippen LogP contribution in [0.3, 0.4) is 0 Å². The van der Waals surface area contributed by atoms with E-state index in [1.807, 2.05) is 13.8 Å². The normalized spacial score (nSPS) is 16.3. The van der Waals surface area contributed by atoms with E-state index in [2.05, 4.69) is 10.1 Å². The number of amides is 1. The van der Waals surface area contributed by atoms with Crippen molar-refractivity contribution in [3.05, 3.63) is 0 Å². The molecule has 0 bridgehead atoms. The summed E-state index contributed by atoms with van der Waals surface area (Å²) in [5.41, 5.74) is 5.70. The largest absolute Gasteiger partial charge is 0.467 e. The maximum Gasteiger partial charge on any atom is 0.328 e. The molecule has 0 aromatic rings. The highest BCUT2D eigenvalue weighted by molar-refractivity contribution is 5.87. The molecule has 15 heavy (non-hydrogen) atoms. The van der Waals surface area contributed by atoms with E-state index < -0.39 is 18.1 Å². The lowest BCUT2D eigenvalue weighted by Crippen LogP contribution is -2.49. The number of rotatable bonds is 5. The zero-order valence-corrected chi connectivity index (χ0v) is 9.74. The van der Waals surface area contributed by atoms with E-state index in [4.69, 9.17) is 5.73 Å². The number of hydrogen-bond acceptors (Lipinski definition) is 4. The Morgan fingerprint density at radius 3 is 2.33 bits per heavy atom. The molecule has 0 saturated carbocycles. The van der Waals surface area contributed by atoms with Gasteiger partial charge in [-0.2, -0.15) is 0 Å². The standard InChI is InChI=1S/C10H20N2O3/c1-5-6(2)8(11)9(13)12-7(3)10(14)15-4/h6-8H,5,11H2,1-4H3,(H,12,13)/t6-,7-,8+/m0/s1. The van der Waals surface area contributed by atoms with Gasteiger partial charge < -0.3 is 15.8 Å². The van der Waals surface area contributed by atoms with Crippen LogP contribution in [-0.2, 0) is 14.3 Å². The number of ether oxygens (including phenoxy) is 1. The van der Waals surface area contributed by atoms with Gasteiger partial charge in [0.2, 0.25) is 5.91 Å². The molecule has 0 aromatic heterocycles. The van der Waals surface area contributed by atoms with Crippen molar-refractivity contribution in [1.29, 1.82) is 0 Å². The lowest BCUT2D eigenvalue weighted by atomic mass is 9.99. The molecule has 0 saturated heterocycles. The van der Waals surface area contributed by atoms with Gasteiger partial charge >= 0.3 is 5.97 Å². The van der Waals surface area contributed by atoms with Gasteiger partial charge in [0.05, 0.1) is 13.2 Å². The quantitative estimate of drug-likeness (QED) is 0.636. The molecular weight excluding hydrogens is 196 g/mol. The lowest BCUT2D eigenvalue weighted by molar-refractivity contribution is -0.144. The van der Waals surface area contributed by atoms with Crippen LogP contribution in [0.4, 0.5) is 0 Å². The topological polar surface area (TPSA) is 81.4 Å². The van der Waals surface area contributed by atoms with E-state index in [-0.39, 0.29) is 11.8 Å². The van der Waals surface area contributed by atoms with E-state index in [0.29, 0.717) is 0 Å². The Morgan fingerprint density at radius 1 is 1.40 bits per heavy atom. The Balaban J connectivity index is 4.18. The van der Waals surface area contributed by atoms with Gasteiger partial charge in [-0.3, -0.25) is 4.79 Å². The average Bonchev–Trinajstić information content (AvgIpc) is 2.25. The predicted molar refractivity (Wildman–Crippen MR) is 57.1 cm³/mol. The van der Waals surface area contributed by atoms with Crippen molar-refractivity contribution >= 4 is 11.9 Å². The predicted octanol–water partition coefficient (Wildman–Crippen LogP) is 0.0375. The number of esters is 1. The molecular formula is C10H20N2O3. The summed E-state index contributed by atoms with van der Waals surface area (Å²) in [5.74, 6) is -0.697. The van der Waals surface area contributed by atoms with Crippen LogP contribution in [-0.4, -0.2) is 31.1 Å². The Bertz CT molecular complexity index is 231. The minimum atomic E-state index is -0.655. The highest BCUT2D eigenvalue weighted by Gasteiger charge is 2.23. The number of nitrogens with one attached hydrogen (secondary N) is 1. The van der Waals surface area contributed by atoms with Crippen molar-refractivity contribution in [2.75, 3.05) is 7.11 Å². The van der Waals surface area contributed by atoms with E-state index in [1.54, 1.807) is 6.92 Å². The number of nitrogens with two attached hydrogens (primary N) is 1. The van der Waals surface area contributed by atoms with Gasteiger partial charge in [-0.05, 0) is 12.8 Å². The van der Waals surface area contributed by atoms with E-state index in [1.165, 1.54) is 7.11 Å². The van der Waals surface area contributed by atoms with Crippen LogP contribution in [0.25, 0.3) is 0 Å². The zero-order chi connectivity index (χ0) is 12.0. The van der Waals surface area contributed by atoms with Crippen molar-refractivity contribution in [1.82, 2.24) is 5.32 Å². The fraction of sp³-hybridized carbons (Fsp3) is 0.800. The number of carbonyl (C=O) groups is 2. The van der Waals surface area contributed by atoms with Crippen LogP contribution in [0.1, 0.15) is 27.2 Å². The molecule has 0 aliphatic carbocycles. The number of carbonyl (C=O) groups excluding carboxylic acids is 2. The molecule has 0 spiro atoms. The van der Waals surface area contributed by atoms with Gasteiger partial charge in [-0.1, -0.05) is 20.3 Å². The third-order valence-corrected chi connectivity index (χ3v) is 2.47. The smallest absolute Gasteiger partial charge is 0.328 e. The fourth-order valence-corrected chi connectivity index (χ4v) is 1.06. The van der Waals surface area contributed by atoms with Crippen molar-refractivity contribution < 1.29 is 14.3 Å². The van der Waals surface area contributed by atoms with Gasteiger partial charge in [0.25, 0.3) is 0 Å². The Morgan fingerprint density at radius 2 is 1.93 bits per heavy atom. The fourth-order valence-electron chi connectivity index (χ4n) is 1.06. The third kappa shape index (κ3) is 4.29. The highest BCUT2D eigenvalue weighted by atomic mass is 16.5. The molecule has 0 radical (unpaired) electrons. The second kappa shape index (κ2) is 6.40. The van der Waals surface area contributed by atoms with E-state index in [9.17, 15) is 9.59 Å². The molecule has 0 unspecified atom stereocenters. The Labute approximate surface area is 90.4 Å². The SMILES string of the molecule is CC[C@H](C)[C@@H](N)C(=O)N[C@@H](C)C(=O)OC. The summed E-state index contributed by atoms with van der Waals surface area (Å²) >= 11 is 0. The van der Waals surface area contributed by atoms with E-state index >= 15 is 0 Å². The first-order valence-electron chi connectivity index (χ1n) is 5.07. The summed E-state index contributed by atoms with van der Waals surface area (Å²) < 4.78 is 4.48. The van der Waals surface area contributed by atoms with Crippen molar-refractivity contribution in [3.8, 4) is 0 Å². The first-order chi connectivity index (χ1) is 6.93. The van der Waals surface area contributed by atoms with Gasteiger partial charge in [0.1, 0.15) is 6.04 Å². The highest BCUT2D eigenvalue weighted by Crippen LogP contribution is 2.05. The molecule has 0 aliphatic rings. The van der Waals surface area contributed by atoms with Gasteiger partial charge in [-0.15, -0.1) is 0 Å². The van der Waals surface area contributed by atoms with E-state index in [0.717, 1.165) is 6.42 Å². The maximum absolute atomic E-state index is 11.5. The molecule has 5 heteroatoms. The summed E-state index contributed by atoms with van der Waals surface area (Å²) in [6.45, 7) is 5.42. The van der Waals surface area contributed by atoms with Crippen molar-refractivity contribution in [2.24, 2.45) is 11.7 Å². The van der Waals surface area contributed by atoms with Gasteiger partial charge in [-0.25, -0.2) is 4.79 Å². The molecule has 0 aromatic carbocycles. The van der Waals surface area contributed by atoms with Crippen LogP contribution >= 0.6 is 0 Å². The van der Waals surface area contributed by atoms with Crippen molar-refractivity contribution in [2.45, 2.75) is 39.3 Å². The second-order valence-electron chi connectivity index (χ2n) is 3.66. The molecule has 5 nitrogen and oxygen atoms in total. The molecule has 3 atom stereocenters. The van der Waals surface area contributed by atoms with Crippen LogP contribution < -0.4 is 11.1 Å². The minimum Gasteiger partial charge on any atom is -0.467 e. The summed E-state index contributed by atoms with van der Waals surface area (Å²) in [7, 11) is 1.28. The summed E-state index contributed by atoms with van der Waals surface area (Å²) in [6.07, 6.45) is 0.821. The number of hydrogen-bond donors (Lipinski definition) is 2. The molecule has 3 N–H and O–H groups in total. The first-order valence-corrected chi connectivity index (χ1v) is 5.07. The average molecular weight is 216 g/mol. The van der Waals surface area contributed by atoms with Crippen LogP contribution in [0.5, 0.6) is 0 Å². The molecule has 88 valence electrons. The Hall–Kier alpha value is -1.10. The monoisotopic (exact) mass is 216 g/mol. The third-order valence-electron chi connectivity index (χ3n) is 2.47. The number of methoxy groups -OCH3 is 1. The maximum atomic E-state index is 11.5. The first kappa shape index (κ1) is 13.9. The van der Waals surface area contributed by atoms with Gasteiger partial charge in [0, 0.05) is 0 Å². The summed E-state index contributed by atoms with van der Waals surface area (Å²) in [5, 5.41) is 2.51. The van der Waals surface area contributed by atoms with Crippen molar-refractivity contribution in [3.63, 3.8) is 0 Å². The zero-order valence-electron chi connectivity index (χ0n) is 9.74. The summed E-state index contributed by atoms with van der Waals surface area (Å²) in [4.78, 5) is 22.6. The Kier molecular flexibility index (Phi) is 5.93. The minimum absolute atomic E-state index is 0.0925. The van der Waals surface area contributed by atoms with Crippen LogP contribution in [0.15, 0.2) is 0 Å². The molecule has 0 heterocycles. The molecule has 1 amide bonds. The van der Waals surface area contributed by atoms with Gasteiger partial charge in [0.15, 0.2) is 0 Å². The molecule has 0 fully saturated rings. The molecule has 0 aliphatic heterocycles. The van der Waals surface area contributed by atoms with Crippen LogP contribution in [0.2, 0.25) is 0 Å². The molecule has 0 rings (SSSR count). The lowest BCUT2D eigenvalue weighted by Gasteiger charge is -2.19.